The predicted octanol–water partition coefficient (Wildman–Crippen LogP) is 2.01. The minimum Gasteiger partial charge on any atom is -0.370 e. The van der Waals surface area contributed by atoms with E-state index in [4.69, 9.17) is 5.73 Å². The van der Waals surface area contributed by atoms with Gasteiger partial charge >= 0.3 is 0 Å². The molecule has 1 aliphatic rings. The highest BCUT2D eigenvalue weighted by molar-refractivity contribution is 5.44. The number of nitrogen functional groups attached to an aromatic ring is 1. The Balaban J connectivity index is 1.58. The molecule has 2 aromatic heterocycles. The summed E-state index contributed by atoms with van der Waals surface area (Å²) >= 11 is 0. The number of aryl methyl sites for hydroxylation is 2. The van der Waals surface area contributed by atoms with Crippen molar-refractivity contribution in [3.05, 3.63) is 35.7 Å². The lowest BCUT2D eigenvalue weighted by Gasteiger charge is -2.18. The first-order valence-electron chi connectivity index (χ1n) is 7.63. The van der Waals surface area contributed by atoms with Gasteiger partial charge in [-0.3, -0.25) is 0 Å². The van der Waals surface area contributed by atoms with Crippen molar-refractivity contribution in [2.45, 2.75) is 20.3 Å². The number of nitrogens with two attached hydrogens (primary N) is 1. The number of pyridine rings is 1. The fourth-order valence-electron chi connectivity index (χ4n) is 2.83. The van der Waals surface area contributed by atoms with Crippen LogP contribution in [0.3, 0.4) is 0 Å². The van der Waals surface area contributed by atoms with Crippen molar-refractivity contribution in [1.82, 2.24) is 15.0 Å². The van der Waals surface area contributed by atoms with E-state index in [9.17, 15) is 0 Å². The maximum atomic E-state index is 5.74. The Morgan fingerprint density at radius 2 is 2.18 bits per heavy atom. The summed E-state index contributed by atoms with van der Waals surface area (Å²) in [6.45, 7) is 6.93. The summed E-state index contributed by atoms with van der Waals surface area (Å²) in [7, 11) is 0. The predicted molar refractivity (Wildman–Crippen MR) is 89.0 cm³/mol. The Morgan fingerprint density at radius 1 is 1.32 bits per heavy atom. The molecule has 2 aromatic rings. The molecule has 1 aliphatic heterocycles. The first-order valence-corrected chi connectivity index (χ1v) is 7.63. The van der Waals surface area contributed by atoms with E-state index in [0.29, 0.717) is 11.9 Å². The summed E-state index contributed by atoms with van der Waals surface area (Å²) in [4.78, 5) is 15.1. The van der Waals surface area contributed by atoms with E-state index in [0.717, 1.165) is 43.4 Å². The maximum Gasteiger partial charge on any atom is 0.222 e. The summed E-state index contributed by atoms with van der Waals surface area (Å²) in [5.41, 5.74) is 7.87. The monoisotopic (exact) mass is 298 g/mol. The summed E-state index contributed by atoms with van der Waals surface area (Å²) in [5, 5.41) is 3.43. The van der Waals surface area contributed by atoms with Gasteiger partial charge in [0.2, 0.25) is 5.95 Å². The van der Waals surface area contributed by atoms with Crippen molar-refractivity contribution < 1.29 is 0 Å². The lowest BCUT2D eigenvalue weighted by Crippen LogP contribution is -2.24. The summed E-state index contributed by atoms with van der Waals surface area (Å²) < 4.78 is 0. The minimum absolute atomic E-state index is 0.348. The standard InChI is InChI=1S/C16H22N6/c1-11-3-5-18-14(7-11)19-9-13-4-6-22(10-13)15-8-12(2)20-16(17)21-15/h3,5,7-8,13H,4,6,9-10H2,1-2H3,(H,18,19)(H2,17,20,21)/t13-/m1/s1. The van der Waals surface area contributed by atoms with Gasteiger partial charge in [-0.25, -0.2) is 9.97 Å². The van der Waals surface area contributed by atoms with Crippen LogP contribution in [0.1, 0.15) is 17.7 Å². The number of hydrogen-bond acceptors (Lipinski definition) is 6. The number of hydrogen-bond donors (Lipinski definition) is 2. The number of nitrogens with zero attached hydrogens (tertiary/aromatic N) is 4. The highest BCUT2D eigenvalue weighted by Gasteiger charge is 2.23. The van der Waals surface area contributed by atoms with E-state index in [-0.39, 0.29) is 0 Å². The van der Waals surface area contributed by atoms with Crippen molar-refractivity contribution in [2.24, 2.45) is 5.92 Å². The lowest BCUT2D eigenvalue weighted by molar-refractivity contribution is 0.621. The molecule has 0 bridgehead atoms. The number of nitrogens with one attached hydrogen (secondary N) is 1. The molecule has 6 heteroatoms. The molecule has 0 spiro atoms. The van der Waals surface area contributed by atoms with Crippen molar-refractivity contribution in [1.29, 1.82) is 0 Å². The van der Waals surface area contributed by atoms with Crippen LogP contribution in [-0.2, 0) is 0 Å². The quantitative estimate of drug-likeness (QED) is 0.899. The second kappa shape index (κ2) is 6.17. The largest absolute Gasteiger partial charge is 0.370 e. The van der Waals surface area contributed by atoms with Gasteiger partial charge in [-0.2, -0.15) is 4.98 Å². The summed E-state index contributed by atoms with van der Waals surface area (Å²) in [5.74, 6) is 2.81. The fraction of sp³-hybridized carbons (Fsp3) is 0.438. The lowest BCUT2D eigenvalue weighted by atomic mass is 10.1. The molecule has 6 nitrogen and oxygen atoms in total. The van der Waals surface area contributed by atoms with Crippen LogP contribution >= 0.6 is 0 Å². The normalized spacial score (nSPS) is 17.7. The van der Waals surface area contributed by atoms with Gasteiger partial charge in [0.15, 0.2) is 0 Å². The molecule has 0 radical (unpaired) electrons. The zero-order chi connectivity index (χ0) is 15.5. The molecule has 1 atom stereocenters. The second-order valence-electron chi connectivity index (χ2n) is 5.93. The summed E-state index contributed by atoms with van der Waals surface area (Å²) in [6, 6.07) is 6.07. The molecule has 0 aromatic carbocycles. The first kappa shape index (κ1) is 14.6. The van der Waals surface area contributed by atoms with E-state index in [1.165, 1.54) is 5.56 Å². The van der Waals surface area contributed by atoms with Gasteiger partial charge in [-0.05, 0) is 43.9 Å². The third-order valence-corrected chi connectivity index (χ3v) is 3.96. The maximum absolute atomic E-state index is 5.74. The Hall–Kier alpha value is -2.37. The second-order valence-corrected chi connectivity index (χ2v) is 5.93. The molecule has 0 aliphatic carbocycles. The van der Waals surface area contributed by atoms with Crippen LogP contribution in [-0.4, -0.2) is 34.6 Å². The molecule has 3 rings (SSSR count). The van der Waals surface area contributed by atoms with Crippen LogP contribution in [0, 0.1) is 19.8 Å². The Morgan fingerprint density at radius 3 is 2.95 bits per heavy atom. The SMILES string of the molecule is Cc1ccnc(NC[C@H]2CCN(c3cc(C)nc(N)n3)C2)c1. The molecule has 1 fully saturated rings. The molecule has 3 N–H and O–H groups in total. The third-order valence-electron chi connectivity index (χ3n) is 3.96. The van der Waals surface area contributed by atoms with Crippen molar-refractivity contribution in [3.63, 3.8) is 0 Å². The van der Waals surface area contributed by atoms with Crippen LogP contribution in [0.4, 0.5) is 17.6 Å². The highest BCUT2D eigenvalue weighted by Crippen LogP contribution is 2.23. The van der Waals surface area contributed by atoms with E-state index < -0.39 is 0 Å². The topological polar surface area (TPSA) is 80.0 Å². The van der Waals surface area contributed by atoms with Crippen LogP contribution in [0.15, 0.2) is 24.4 Å². The van der Waals surface area contributed by atoms with Gasteiger partial charge in [0, 0.05) is 37.6 Å². The van der Waals surface area contributed by atoms with Gasteiger partial charge in [0.05, 0.1) is 0 Å². The van der Waals surface area contributed by atoms with Gasteiger partial charge < -0.3 is 16.0 Å². The molecule has 116 valence electrons. The van der Waals surface area contributed by atoms with Crippen molar-refractivity contribution in [3.8, 4) is 0 Å². The average Bonchev–Trinajstić information content (AvgIpc) is 2.93. The van der Waals surface area contributed by atoms with Crippen LogP contribution in [0.5, 0.6) is 0 Å². The third kappa shape index (κ3) is 3.44. The van der Waals surface area contributed by atoms with E-state index in [1.54, 1.807) is 0 Å². The number of rotatable bonds is 4. The van der Waals surface area contributed by atoms with Crippen LogP contribution in [0.2, 0.25) is 0 Å². The summed E-state index contributed by atoms with van der Waals surface area (Å²) in [6.07, 6.45) is 2.98. The smallest absolute Gasteiger partial charge is 0.222 e. The fourth-order valence-corrected chi connectivity index (χ4v) is 2.83. The average molecular weight is 298 g/mol. The van der Waals surface area contributed by atoms with Gasteiger partial charge in [0.1, 0.15) is 11.6 Å². The Bertz CT molecular complexity index is 637. The highest BCUT2D eigenvalue weighted by atomic mass is 15.2. The molecule has 3 heterocycles. The zero-order valence-electron chi connectivity index (χ0n) is 13.1. The Labute approximate surface area is 130 Å². The zero-order valence-corrected chi connectivity index (χ0v) is 13.1. The van der Waals surface area contributed by atoms with Gasteiger partial charge in [-0.1, -0.05) is 0 Å². The van der Waals surface area contributed by atoms with Crippen molar-refractivity contribution >= 4 is 17.6 Å². The molecule has 1 saturated heterocycles. The van der Waals surface area contributed by atoms with Gasteiger partial charge in [0.25, 0.3) is 0 Å². The van der Waals surface area contributed by atoms with Crippen LogP contribution < -0.4 is 16.0 Å². The molecule has 0 saturated carbocycles. The van der Waals surface area contributed by atoms with Crippen LogP contribution in [0.25, 0.3) is 0 Å². The molecule has 0 unspecified atom stereocenters. The molecule has 22 heavy (non-hydrogen) atoms. The molecule has 0 amide bonds. The molecular formula is C16H22N6. The van der Waals surface area contributed by atoms with Crippen molar-refractivity contribution in [2.75, 3.05) is 35.6 Å². The minimum atomic E-state index is 0.348. The van der Waals surface area contributed by atoms with E-state index in [1.807, 2.05) is 25.3 Å². The first-order chi connectivity index (χ1) is 10.6. The van der Waals surface area contributed by atoms with E-state index in [2.05, 4.69) is 38.2 Å². The Kier molecular flexibility index (Phi) is 4.09. The number of anilines is 3. The van der Waals surface area contributed by atoms with Gasteiger partial charge in [-0.15, -0.1) is 0 Å². The molecular weight excluding hydrogens is 276 g/mol. The number of aromatic nitrogens is 3. The van der Waals surface area contributed by atoms with E-state index >= 15 is 0 Å².